The van der Waals surface area contributed by atoms with Gasteiger partial charge in [0.2, 0.25) is 0 Å². The minimum atomic E-state index is -4.45. The van der Waals surface area contributed by atoms with Gasteiger partial charge in [0.15, 0.2) is 5.58 Å². The van der Waals surface area contributed by atoms with Gasteiger partial charge in [-0.25, -0.2) is 4.79 Å². The first kappa shape index (κ1) is 18.8. The predicted molar refractivity (Wildman–Crippen MR) is 109 cm³/mol. The minimum absolute atomic E-state index is 0.143. The van der Waals surface area contributed by atoms with E-state index in [4.69, 9.17) is 4.42 Å². The van der Waals surface area contributed by atoms with E-state index in [0.29, 0.717) is 27.1 Å². The Bertz CT molecular complexity index is 1410. The van der Waals surface area contributed by atoms with E-state index in [1.54, 1.807) is 18.2 Å². The highest BCUT2D eigenvalue weighted by molar-refractivity contribution is 7.19. The molecule has 9 heteroatoms. The van der Waals surface area contributed by atoms with Gasteiger partial charge in [-0.05, 0) is 54.0 Å². The molecule has 3 heterocycles. The van der Waals surface area contributed by atoms with Crippen LogP contribution in [-0.4, -0.2) is 4.98 Å². The van der Waals surface area contributed by atoms with Crippen LogP contribution in [0.1, 0.15) is 41.0 Å². The van der Waals surface area contributed by atoms with Gasteiger partial charge in [0.25, 0.3) is 0 Å². The lowest BCUT2D eigenvalue weighted by atomic mass is 9.97. The molecule has 0 bridgehead atoms. The summed E-state index contributed by atoms with van der Waals surface area (Å²) in [5.74, 6) is -0.570. The molecule has 1 aliphatic heterocycles. The average molecular weight is 429 g/mol. The fraction of sp³-hybridized carbons (Fsp3) is 0.190. The van der Waals surface area contributed by atoms with Crippen LogP contribution in [0.25, 0.3) is 27.3 Å². The maximum atomic E-state index is 13.5. The van der Waals surface area contributed by atoms with Crippen molar-refractivity contribution in [1.82, 2.24) is 4.98 Å². The number of thiophene rings is 1. The number of oxazole rings is 1. The highest BCUT2D eigenvalue weighted by Gasteiger charge is 2.33. The number of hydrogen-bond donors (Lipinski definition) is 1. The van der Waals surface area contributed by atoms with Crippen LogP contribution in [0.4, 0.5) is 13.2 Å². The molecule has 152 valence electrons. The summed E-state index contributed by atoms with van der Waals surface area (Å²) < 4.78 is 46.1. The number of nitrogens with one attached hydrogen (secondary N) is 1. The monoisotopic (exact) mass is 429 g/mol. The van der Waals surface area contributed by atoms with E-state index in [1.165, 1.54) is 23.5 Å². The Hall–Kier alpha value is -3.20. The molecule has 5 nitrogen and oxygen atoms in total. The molecule has 1 N–H and O–H groups in total. The number of halogens is 3. The van der Waals surface area contributed by atoms with Gasteiger partial charge in [0.1, 0.15) is 6.04 Å². The Kier molecular flexibility index (Phi) is 4.18. The summed E-state index contributed by atoms with van der Waals surface area (Å²) in [7, 11) is 0. The number of nitrogens with zero attached hydrogens (tertiary/aromatic N) is 2. The normalized spacial score (nSPS) is 16.7. The first-order valence-corrected chi connectivity index (χ1v) is 10.0. The number of hydrogen-bond acceptors (Lipinski definition) is 5. The average Bonchev–Trinajstić information content (AvgIpc) is 3.22. The largest absolute Gasteiger partial charge is 0.417 e. The maximum absolute atomic E-state index is 13.5. The molecule has 0 saturated heterocycles. The fourth-order valence-corrected chi connectivity index (χ4v) is 4.78. The van der Waals surface area contributed by atoms with Crippen molar-refractivity contribution in [2.75, 3.05) is 0 Å². The molecule has 1 atom stereocenters. The van der Waals surface area contributed by atoms with Crippen molar-refractivity contribution in [2.45, 2.75) is 25.6 Å². The molecule has 0 saturated carbocycles. The second kappa shape index (κ2) is 6.66. The Labute approximate surface area is 171 Å². The molecule has 1 aliphatic rings. The van der Waals surface area contributed by atoms with Crippen LogP contribution in [0.5, 0.6) is 0 Å². The van der Waals surface area contributed by atoms with Crippen molar-refractivity contribution >= 4 is 38.6 Å². The number of rotatable bonds is 2. The van der Waals surface area contributed by atoms with Crippen LogP contribution >= 0.6 is 11.3 Å². The zero-order valence-electron chi connectivity index (χ0n) is 15.6. The van der Waals surface area contributed by atoms with E-state index < -0.39 is 23.5 Å². The van der Waals surface area contributed by atoms with Gasteiger partial charge in [-0.2, -0.15) is 23.4 Å². The number of alkyl halides is 3. The Morgan fingerprint density at radius 1 is 1.23 bits per heavy atom. The highest BCUT2D eigenvalue weighted by Crippen LogP contribution is 2.43. The molecular weight excluding hydrogens is 415 g/mol. The van der Waals surface area contributed by atoms with Crippen LogP contribution in [0.3, 0.4) is 0 Å². The summed E-state index contributed by atoms with van der Waals surface area (Å²) >= 11 is 1.25. The van der Waals surface area contributed by atoms with E-state index in [2.05, 4.69) is 15.2 Å². The fourth-order valence-electron chi connectivity index (χ4n) is 3.64. The van der Waals surface area contributed by atoms with Crippen LogP contribution in [-0.2, 0) is 6.18 Å². The lowest BCUT2D eigenvalue weighted by molar-refractivity contribution is -0.136. The van der Waals surface area contributed by atoms with E-state index >= 15 is 0 Å². The van der Waals surface area contributed by atoms with Crippen LogP contribution in [0.2, 0.25) is 0 Å². The Morgan fingerprint density at radius 2 is 2.07 bits per heavy atom. The van der Waals surface area contributed by atoms with Crippen molar-refractivity contribution < 1.29 is 17.6 Å². The first-order valence-electron chi connectivity index (χ1n) is 9.21. The molecule has 0 amide bonds. The molecule has 0 fully saturated rings. The molecular formula is C21H14F3N3O2S. The van der Waals surface area contributed by atoms with Crippen LogP contribution in [0, 0.1) is 0 Å². The van der Waals surface area contributed by atoms with Crippen LogP contribution < -0.4 is 5.76 Å². The number of fused-ring (bicyclic) bond motifs is 3. The number of aromatic amines is 1. The smallest absolute Gasteiger partial charge is 0.408 e. The first-order chi connectivity index (χ1) is 14.3. The summed E-state index contributed by atoms with van der Waals surface area (Å²) in [5, 5.41) is 8.90. The third-order valence-corrected chi connectivity index (χ3v) is 6.21. The summed E-state index contributed by atoms with van der Waals surface area (Å²) in [6, 6.07) is 8.56. The zero-order valence-corrected chi connectivity index (χ0v) is 16.4. The number of aromatic nitrogens is 1. The van der Waals surface area contributed by atoms with Gasteiger partial charge in [-0.15, -0.1) is 11.3 Å². The van der Waals surface area contributed by atoms with Gasteiger partial charge in [-0.3, -0.25) is 4.98 Å². The second-order valence-corrected chi connectivity index (χ2v) is 8.08. The standard InChI is InChI=1S/C21H14F3N3O2S/c1-2-11-6-10-7-15-16(29-20(28)25-15)8-12(10)19(27-26-11)18-9-13-14(21(22,23)24)4-3-5-17(13)30-18/h3-9,19H,2H2,1H3,(H,25,28). The number of benzene rings is 2. The van der Waals surface area contributed by atoms with Crippen molar-refractivity contribution in [3.63, 3.8) is 0 Å². The molecule has 4 aromatic rings. The molecule has 1 unspecified atom stereocenters. The third-order valence-electron chi connectivity index (χ3n) is 5.06. The molecule has 0 spiro atoms. The quantitative estimate of drug-likeness (QED) is 0.387. The molecule has 2 aromatic carbocycles. The SMILES string of the molecule is CCC1=Cc2cc3[nH]c(=O)oc3cc2C(c2cc3c(C(F)(F)F)cccc3s2)N=N1. The minimum Gasteiger partial charge on any atom is -0.408 e. The number of H-pyrrole nitrogens is 1. The topological polar surface area (TPSA) is 70.7 Å². The van der Waals surface area contributed by atoms with Gasteiger partial charge in [0, 0.05) is 15.0 Å². The maximum Gasteiger partial charge on any atom is 0.417 e. The molecule has 0 radical (unpaired) electrons. The number of azo groups is 1. The zero-order chi connectivity index (χ0) is 21.0. The van der Waals surface area contributed by atoms with Crippen molar-refractivity contribution in [3.05, 3.63) is 74.2 Å². The van der Waals surface area contributed by atoms with Crippen molar-refractivity contribution in [2.24, 2.45) is 10.2 Å². The summed E-state index contributed by atoms with van der Waals surface area (Å²) in [6.45, 7) is 1.94. The molecule has 0 aliphatic carbocycles. The third kappa shape index (κ3) is 3.06. The van der Waals surface area contributed by atoms with E-state index in [9.17, 15) is 18.0 Å². The Balaban J connectivity index is 1.74. The molecule has 30 heavy (non-hydrogen) atoms. The van der Waals surface area contributed by atoms with E-state index in [1.807, 2.05) is 13.0 Å². The van der Waals surface area contributed by atoms with E-state index in [-0.39, 0.29) is 5.39 Å². The highest BCUT2D eigenvalue weighted by atomic mass is 32.1. The number of allylic oxidation sites excluding steroid dienone is 1. The van der Waals surface area contributed by atoms with Crippen molar-refractivity contribution in [3.8, 4) is 0 Å². The van der Waals surface area contributed by atoms with E-state index in [0.717, 1.165) is 22.9 Å². The summed E-state index contributed by atoms with van der Waals surface area (Å²) in [6.07, 6.45) is -1.93. The lowest BCUT2D eigenvalue weighted by Crippen LogP contribution is -2.04. The lowest BCUT2D eigenvalue weighted by Gasteiger charge is -2.11. The van der Waals surface area contributed by atoms with Gasteiger partial charge in [-0.1, -0.05) is 13.0 Å². The second-order valence-electron chi connectivity index (χ2n) is 6.96. The van der Waals surface area contributed by atoms with Gasteiger partial charge >= 0.3 is 11.9 Å². The summed E-state index contributed by atoms with van der Waals surface area (Å²) in [4.78, 5) is 14.9. The van der Waals surface area contributed by atoms with Crippen molar-refractivity contribution in [1.29, 1.82) is 0 Å². The van der Waals surface area contributed by atoms with Gasteiger partial charge < -0.3 is 4.42 Å². The predicted octanol–water partition coefficient (Wildman–Crippen LogP) is 6.66. The van der Waals surface area contributed by atoms with Crippen LogP contribution in [0.15, 0.2) is 61.5 Å². The molecule has 5 rings (SSSR count). The van der Waals surface area contributed by atoms with Gasteiger partial charge in [0.05, 0.1) is 16.8 Å². The summed E-state index contributed by atoms with van der Waals surface area (Å²) in [5.41, 5.74) is 2.48. The Morgan fingerprint density at radius 3 is 2.83 bits per heavy atom. The molecule has 2 aromatic heterocycles.